The summed E-state index contributed by atoms with van der Waals surface area (Å²) in [7, 11) is 0. The summed E-state index contributed by atoms with van der Waals surface area (Å²) in [6.45, 7) is 2.51. The topological polar surface area (TPSA) is 60.2 Å². The lowest BCUT2D eigenvalue weighted by molar-refractivity contribution is 0.307. The second kappa shape index (κ2) is 6.83. The van der Waals surface area contributed by atoms with Gasteiger partial charge in [-0.1, -0.05) is 30.1 Å². The van der Waals surface area contributed by atoms with Gasteiger partial charge in [0.05, 0.1) is 22.3 Å². The van der Waals surface area contributed by atoms with E-state index in [-0.39, 0.29) is 10.0 Å². The minimum absolute atomic E-state index is 0.0668. The van der Waals surface area contributed by atoms with Gasteiger partial charge < -0.3 is 15.8 Å². The van der Waals surface area contributed by atoms with Gasteiger partial charge in [0.25, 0.3) is 0 Å². The molecule has 0 aliphatic heterocycles. The van der Waals surface area contributed by atoms with Gasteiger partial charge in [0.1, 0.15) is 5.82 Å². The molecule has 0 spiro atoms. The molecular weight excluding hydrogens is 316 g/mol. The van der Waals surface area contributed by atoms with E-state index in [0.717, 1.165) is 6.42 Å². The first-order chi connectivity index (χ1) is 10.0. The number of aromatic nitrogens is 1. The molecule has 1 heterocycles. The van der Waals surface area contributed by atoms with Crippen molar-refractivity contribution in [2.24, 2.45) is 0 Å². The SMILES string of the molecule is CCCOc1nc(Nc2cc(Cl)c(F)c(Cl)c2)ccc1N. The van der Waals surface area contributed by atoms with Crippen LogP contribution >= 0.6 is 23.2 Å². The average Bonchev–Trinajstić information content (AvgIpc) is 2.45. The van der Waals surface area contributed by atoms with Gasteiger partial charge in [-0.25, -0.2) is 4.39 Å². The molecular formula is C14H14Cl2FN3O. The van der Waals surface area contributed by atoms with E-state index in [9.17, 15) is 4.39 Å². The summed E-state index contributed by atoms with van der Waals surface area (Å²) in [5, 5.41) is 2.84. The molecule has 1 aromatic heterocycles. The second-order valence-electron chi connectivity index (χ2n) is 4.32. The minimum Gasteiger partial charge on any atom is -0.476 e. The fraction of sp³-hybridized carbons (Fsp3) is 0.214. The number of nitrogens with two attached hydrogens (primary N) is 1. The number of pyridine rings is 1. The van der Waals surface area contributed by atoms with E-state index in [0.29, 0.717) is 29.7 Å². The first-order valence-corrected chi connectivity index (χ1v) is 7.07. The van der Waals surface area contributed by atoms with Gasteiger partial charge >= 0.3 is 0 Å². The maximum atomic E-state index is 13.4. The van der Waals surface area contributed by atoms with Crippen molar-refractivity contribution in [2.75, 3.05) is 17.7 Å². The Morgan fingerprint density at radius 2 is 1.95 bits per heavy atom. The molecule has 21 heavy (non-hydrogen) atoms. The first-order valence-electron chi connectivity index (χ1n) is 6.32. The van der Waals surface area contributed by atoms with Crippen LogP contribution in [0.15, 0.2) is 24.3 Å². The Balaban J connectivity index is 2.23. The summed E-state index contributed by atoms with van der Waals surface area (Å²) < 4.78 is 18.8. The molecule has 4 nitrogen and oxygen atoms in total. The van der Waals surface area contributed by atoms with Crippen molar-refractivity contribution in [3.8, 4) is 5.88 Å². The quantitative estimate of drug-likeness (QED) is 0.784. The highest BCUT2D eigenvalue weighted by atomic mass is 35.5. The van der Waals surface area contributed by atoms with Crippen LogP contribution in [0.2, 0.25) is 10.0 Å². The van der Waals surface area contributed by atoms with Crippen LogP contribution in [0.4, 0.5) is 21.6 Å². The first kappa shape index (κ1) is 15.7. The number of anilines is 3. The van der Waals surface area contributed by atoms with E-state index in [2.05, 4.69) is 10.3 Å². The molecule has 112 valence electrons. The number of nitrogens with zero attached hydrogens (tertiary/aromatic N) is 1. The van der Waals surface area contributed by atoms with Crippen LogP contribution in [-0.4, -0.2) is 11.6 Å². The molecule has 3 N–H and O–H groups in total. The molecule has 0 fully saturated rings. The van der Waals surface area contributed by atoms with Crippen LogP contribution in [0.25, 0.3) is 0 Å². The van der Waals surface area contributed by atoms with E-state index < -0.39 is 5.82 Å². The van der Waals surface area contributed by atoms with E-state index in [1.165, 1.54) is 12.1 Å². The van der Waals surface area contributed by atoms with Gasteiger partial charge in [-0.15, -0.1) is 0 Å². The van der Waals surface area contributed by atoms with Crippen molar-refractivity contribution in [2.45, 2.75) is 13.3 Å². The molecule has 0 amide bonds. The van der Waals surface area contributed by atoms with Crippen molar-refractivity contribution in [1.29, 1.82) is 0 Å². The number of nitrogens with one attached hydrogen (secondary N) is 1. The molecule has 0 bridgehead atoms. The second-order valence-corrected chi connectivity index (χ2v) is 5.13. The molecule has 0 saturated carbocycles. The number of hydrogen-bond donors (Lipinski definition) is 2. The molecule has 2 rings (SSSR count). The highest BCUT2D eigenvalue weighted by molar-refractivity contribution is 6.35. The van der Waals surface area contributed by atoms with E-state index in [1.807, 2.05) is 6.92 Å². The summed E-state index contributed by atoms with van der Waals surface area (Å²) in [6, 6.07) is 6.20. The van der Waals surface area contributed by atoms with Crippen LogP contribution in [-0.2, 0) is 0 Å². The molecule has 0 saturated heterocycles. The lowest BCUT2D eigenvalue weighted by Crippen LogP contribution is -2.03. The summed E-state index contributed by atoms with van der Waals surface area (Å²) in [4.78, 5) is 4.25. The summed E-state index contributed by atoms with van der Waals surface area (Å²) in [6.07, 6.45) is 0.849. The third-order valence-electron chi connectivity index (χ3n) is 2.59. The average molecular weight is 330 g/mol. The highest BCUT2D eigenvalue weighted by Crippen LogP contribution is 2.29. The fourth-order valence-electron chi connectivity index (χ4n) is 1.61. The monoisotopic (exact) mass is 329 g/mol. The Labute approximate surface area is 132 Å². The number of ether oxygens (including phenoxy) is 1. The molecule has 0 aliphatic carbocycles. The minimum atomic E-state index is -0.652. The number of rotatable bonds is 5. The number of benzene rings is 1. The zero-order valence-electron chi connectivity index (χ0n) is 11.3. The largest absolute Gasteiger partial charge is 0.476 e. The molecule has 0 atom stereocenters. The Bertz CT molecular complexity index is 629. The van der Waals surface area contributed by atoms with Gasteiger partial charge in [0.2, 0.25) is 5.88 Å². The number of nitrogen functional groups attached to an aromatic ring is 1. The third-order valence-corrected chi connectivity index (χ3v) is 3.14. The molecule has 2 aromatic rings. The van der Waals surface area contributed by atoms with Crippen LogP contribution in [0.3, 0.4) is 0 Å². The van der Waals surface area contributed by atoms with Gasteiger partial charge in [-0.3, -0.25) is 0 Å². The Hall–Kier alpha value is -1.72. The fourth-order valence-corrected chi connectivity index (χ4v) is 2.10. The molecule has 1 aromatic carbocycles. The lowest BCUT2D eigenvalue weighted by atomic mass is 10.3. The molecule has 0 unspecified atom stereocenters. The maximum Gasteiger partial charge on any atom is 0.239 e. The molecule has 0 aliphatic rings. The van der Waals surface area contributed by atoms with Crippen LogP contribution in [0, 0.1) is 5.82 Å². The Kier molecular flexibility index (Phi) is 5.09. The van der Waals surface area contributed by atoms with Crippen molar-refractivity contribution >= 4 is 40.4 Å². The lowest BCUT2D eigenvalue weighted by Gasteiger charge is -2.11. The van der Waals surface area contributed by atoms with E-state index >= 15 is 0 Å². The summed E-state index contributed by atoms with van der Waals surface area (Å²) in [5.74, 6) is 0.191. The van der Waals surface area contributed by atoms with Gasteiger partial charge in [0, 0.05) is 5.69 Å². The van der Waals surface area contributed by atoms with Gasteiger partial charge in [-0.05, 0) is 30.7 Å². The highest BCUT2D eigenvalue weighted by Gasteiger charge is 2.09. The van der Waals surface area contributed by atoms with E-state index in [1.54, 1.807) is 12.1 Å². The standard InChI is InChI=1S/C14H14Cl2FN3O/c1-2-5-21-14-11(18)3-4-12(20-14)19-8-6-9(15)13(17)10(16)7-8/h3-4,6-7H,2,5,18H2,1H3,(H,19,20). The molecule has 7 heteroatoms. The van der Waals surface area contributed by atoms with Gasteiger partial charge in [0.15, 0.2) is 5.82 Å². The van der Waals surface area contributed by atoms with Crippen LogP contribution in [0.1, 0.15) is 13.3 Å². The smallest absolute Gasteiger partial charge is 0.239 e. The summed E-state index contributed by atoms with van der Waals surface area (Å²) >= 11 is 11.5. The zero-order valence-corrected chi connectivity index (χ0v) is 12.8. The predicted molar refractivity (Wildman–Crippen MR) is 84.1 cm³/mol. The van der Waals surface area contributed by atoms with Crippen molar-refractivity contribution in [1.82, 2.24) is 4.98 Å². The zero-order chi connectivity index (χ0) is 15.4. The van der Waals surface area contributed by atoms with Crippen molar-refractivity contribution < 1.29 is 9.13 Å². The predicted octanol–water partition coefficient (Wildman–Crippen LogP) is 4.64. The Morgan fingerprint density at radius 1 is 1.29 bits per heavy atom. The molecule has 0 radical (unpaired) electrons. The van der Waals surface area contributed by atoms with Crippen LogP contribution < -0.4 is 15.8 Å². The van der Waals surface area contributed by atoms with E-state index in [4.69, 9.17) is 33.7 Å². The Morgan fingerprint density at radius 3 is 2.57 bits per heavy atom. The van der Waals surface area contributed by atoms with Crippen molar-refractivity contribution in [3.63, 3.8) is 0 Å². The van der Waals surface area contributed by atoms with Gasteiger partial charge in [-0.2, -0.15) is 4.98 Å². The summed E-state index contributed by atoms with van der Waals surface area (Å²) in [5.41, 5.74) is 6.75. The number of hydrogen-bond acceptors (Lipinski definition) is 4. The number of halogens is 3. The maximum absolute atomic E-state index is 13.4. The third kappa shape index (κ3) is 3.89. The van der Waals surface area contributed by atoms with Crippen molar-refractivity contribution in [3.05, 3.63) is 40.1 Å². The normalized spacial score (nSPS) is 10.5. The van der Waals surface area contributed by atoms with Crippen LogP contribution in [0.5, 0.6) is 5.88 Å².